The molecule has 0 N–H and O–H groups in total. The highest BCUT2D eigenvalue weighted by atomic mass is 35.5. The fraction of sp³-hybridized carbons (Fsp3) is 0.167. The Labute approximate surface area is 193 Å². The maximum atomic E-state index is 13.1. The highest BCUT2D eigenvalue weighted by Gasteiger charge is 2.16. The molecule has 4 heterocycles. The number of benzene rings is 2. The number of rotatable bonds is 3. The average Bonchev–Trinajstić information content (AvgIpc) is 3.13. The molecule has 0 fully saturated rings. The molecule has 1 aliphatic rings. The van der Waals surface area contributed by atoms with Crippen LogP contribution in [-0.2, 0) is 6.54 Å². The molecule has 164 valence electrons. The lowest BCUT2D eigenvalue weighted by molar-refractivity contribution is 0.297. The Morgan fingerprint density at radius 3 is 2.76 bits per heavy atom. The second-order valence-corrected chi connectivity index (χ2v) is 8.16. The molecule has 0 amide bonds. The van der Waals surface area contributed by atoms with Gasteiger partial charge in [0.05, 0.1) is 30.7 Å². The molecule has 0 atom stereocenters. The molecule has 1 aliphatic heterocycles. The van der Waals surface area contributed by atoms with Crippen LogP contribution in [0, 0.1) is 0 Å². The van der Waals surface area contributed by atoms with Gasteiger partial charge in [0, 0.05) is 29.4 Å². The molecule has 2 aromatic carbocycles. The predicted octanol–water partition coefficient (Wildman–Crippen LogP) is 3.97. The van der Waals surface area contributed by atoms with Crippen LogP contribution in [0.2, 0.25) is 5.02 Å². The zero-order chi connectivity index (χ0) is 22.4. The zero-order valence-corrected chi connectivity index (χ0v) is 18.2. The van der Waals surface area contributed by atoms with E-state index in [9.17, 15) is 4.79 Å². The van der Waals surface area contributed by atoms with Gasteiger partial charge in [0.25, 0.3) is 11.3 Å². The van der Waals surface area contributed by atoms with E-state index in [2.05, 4.69) is 15.1 Å². The van der Waals surface area contributed by atoms with Gasteiger partial charge in [-0.2, -0.15) is 9.50 Å². The van der Waals surface area contributed by atoms with Crippen LogP contribution in [0.15, 0.2) is 65.7 Å². The molecule has 0 spiro atoms. The van der Waals surface area contributed by atoms with E-state index in [4.69, 9.17) is 21.1 Å². The summed E-state index contributed by atoms with van der Waals surface area (Å²) >= 11 is 6.27. The summed E-state index contributed by atoms with van der Waals surface area (Å²) in [5.41, 5.74) is 2.11. The molecule has 6 rings (SSSR count). The third kappa shape index (κ3) is 3.48. The molecule has 0 aliphatic carbocycles. The fourth-order valence-corrected chi connectivity index (χ4v) is 4.11. The first-order chi connectivity index (χ1) is 16.2. The molecule has 0 unspecified atom stereocenters. The summed E-state index contributed by atoms with van der Waals surface area (Å²) in [7, 11) is 0. The molecule has 9 heteroatoms. The van der Waals surface area contributed by atoms with E-state index in [1.807, 2.05) is 48.5 Å². The van der Waals surface area contributed by atoms with Crippen LogP contribution < -0.4 is 15.0 Å². The number of ether oxygens (including phenoxy) is 2. The fourth-order valence-electron chi connectivity index (χ4n) is 3.92. The third-order valence-electron chi connectivity index (χ3n) is 5.61. The average molecular weight is 460 g/mol. The summed E-state index contributed by atoms with van der Waals surface area (Å²) in [6.45, 7) is 1.59. The first-order valence-electron chi connectivity index (χ1n) is 10.6. The number of nitrogens with zero attached hydrogens (tertiary/aromatic N) is 5. The van der Waals surface area contributed by atoms with Crippen LogP contribution in [-0.4, -0.2) is 37.4 Å². The van der Waals surface area contributed by atoms with Crippen molar-refractivity contribution in [2.45, 2.75) is 13.0 Å². The van der Waals surface area contributed by atoms with E-state index in [1.165, 1.54) is 0 Å². The Morgan fingerprint density at radius 2 is 1.88 bits per heavy atom. The Hall–Kier alpha value is -3.91. The normalized spacial score (nSPS) is 13.4. The summed E-state index contributed by atoms with van der Waals surface area (Å²) in [6.07, 6.45) is 4.12. The molecule has 33 heavy (non-hydrogen) atoms. The minimum Gasteiger partial charge on any atom is -0.490 e. The Balaban J connectivity index is 1.42. The number of aromatic nitrogens is 5. The highest BCUT2D eigenvalue weighted by Crippen LogP contribution is 2.33. The van der Waals surface area contributed by atoms with Crippen molar-refractivity contribution in [3.8, 4) is 22.9 Å². The first kappa shape index (κ1) is 19.8. The lowest BCUT2D eigenvalue weighted by Gasteiger charge is -2.09. The maximum Gasteiger partial charge on any atom is 0.261 e. The lowest BCUT2D eigenvalue weighted by atomic mass is 10.2. The van der Waals surface area contributed by atoms with Gasteiger partial charge in [0.1, 0.15) is 0 Å². The Morgan fingerprint density at radius 1 is 1.03 bits per heavy atom. The van der Waals surface area contributed by atoms with Gasteiger partial charge in [-0.25, -0.2) is 4.98 Å². The van der Waals surface area contributed by atoms with Crippen molar-refractivity contribution in [1.82, 2.24) is 24.1 Å². The molecule has 8 nitrogen and oxygen atoms in total. The van der Waals surface area contributed by atoms with E-state index in [0.29, 0.717) is 58.8 Å². The largest absolute Gasteiger partial charge is 0.490 e. The van der Waals surface area contributed by atoms with Crippen molar-refractivity contribution < 1.29 is 9.47 Å². The van der Waals surface area contributed by atoms with E-state index in [-0.39, 0.29) is 5.56 Å². The van der Waals surface area contributed by atoms with Crippen molar-refractivity contribution in [3.05, 3.63) is 81.9 Å². The van der Waals surface area contributed by atoms with Gasteiger partial charge in [-0.15, -0.1) is 5.10 Å². The van der Waals surface area contributed by atoms with E-state index in [1.54, 1.807) is 21.5 Å². The summed E-state index contributed by atoms with van der Waals surface area (Å²) in [5.74, 6) is 2.28. The number of hydrogen-bond acceptors (Lipinski definition) is 6. The molecule has 0 bridgehead atoms. The number of hydrogen-bond donors (Lipinski definition) is 0. The van der Waals surface area contributed by atoms with Crippen molar-refractivity contribution in [2.24, 2.45) is 0 Å². The van der Waals surface area contributed by atoms with Crippen molar-refractivity contribution >= 4 is 28.3 Å². The molecular formula is C24H18ClN5O3. The molecule has 3 aromatic heterocycles. The number of fused-ring (bicyclic) bond motifs is 4. The predicted molar refractivity (Wildman–Crippen MR) is 124 cm³/mol. The van der Waals surface area contributed by atoms with Gasteiger partial charge < -0.3 is 14.0 Å². The molecular weight excluding hydrogens is 442 g/mol. The van der Waals surface area contributed by atoms with E-state index >= 15 is 0 Å². The summed E-state index contributed by atoms with van der Waals surface area (Å²) in [5, 5.41) is 5.70. The van der Waals surface area contributed by atoms with E-state index < -0.39 is 0 Å². The van der Waals surface area contributed by atoms with Crippen LogP contribution in [0.1, 0.15) is 12.0 Å². The lowest BCUT2D eigenvalue weighted by Crippen LogP contribution is -2.21. The van der Waals surface area contributed by atoms with Crippen molar-refractivity contribution in [2.75, 3.05) is 13.2 Å². The number of halogens is 1. The monoisotopic (exact) mass is 459 g/mol. The van der Waals surface area contributed by atoms with Crippen LogP contribution in [0.3, 0.4) is 0 Å². The SMILES string of the molecule is O=c1c2cnc3nc(-c4ccc5c(c4)OCCCO5)nn3c2ccn1Cc1ccccc1Cl. The Bertz CT molecular complexity index is 1580. The minimum atomic E-state index is -0.172. The van der Waals surface area contributed by atoms with Gasteiger partial charge >= 0.3 is 0 Å². The smallest absolute Gasteiger partial charge is 0.261 e. The second-order valence-electron chi connectivity index (χ2n) is 7.76. The van der Waals surface area contributed by atoms with Crippen LogP contribution in [0.4, 0.5) is 0 Å². The minimum absolute atomic E-state index is 0.172. The van der Waals surface area contributed by atoms with Gasteiger partial charge in [0.2, 0.25) is 0 Å². The standard InChI is InChI=1S/C24H18ClN5O3/c25-18-5-2-1-4-16(18)14-29-9-8-19-17(23(29)31)13-26-24-27-22(28-30(19)24)15-6-7-20-21(12-15)33-11-3-10-32-20/h1-2,4-9,12-13H,3,10-11,14H2. The maximum absolute atomic E-state index is 13.1. The molecule has 0 saturated heterocycles. The van der Waals surface area contributed by atoms with E-state index in [0.717, 1.165) is 17.5 Å². The zero-order valence-electron chi connectivity index (χ0n) is 17.4. The molecule has 0 saturated carbocycles. The Kier molecular flexibility index (Phi) is 4.73. The quantitative estimate of drug-likeness (QED) is 0.406. The second kappa shape index (κ2) is 7.90. The van der Waals surface area contributed by atoms with Crippen LogP contribution >= 0.6 is 11.6 Å². The van der Waals surface area contributed by atoms with Crippen molar-refractivity contribution in [1.29, 1.82) is 0 Å². The van der Waals surface area contributed by atoms with Gasteiger partial charge in [-0.3, -0.25) is 4.79 Å². The summed E-state index contributed by atoms with van der Waals surface area (Å²) in [4.78, 5) is 22.1. The molecule has 0 radical (unpaired) electrons. The topological polar surface area (TPSA) is 83.5 Å². The third-order valence-corrected chi connectivity index (χ3v) is 5.98. The summed E-state index contributed by atoms with van der Waals surface area (Å²) < 4.78 is 14.7. The van der Waals surface area contributed by atoms with Crippen LogP contribution in [0.25, 0.3) is 28.1 Å². The number of pyridine rings is 1. The molecule has 5 aromatic rings. The van der Waals surface area contributed by atoms with Gasteiger partial charge in [0.15, 0.2) is 17.3 Å². The van der Waals surface area contributed by atoms with Crippen LogP contribution in [0.5, 0.6) is 11.5 Å². The summed E-state index contributed by atoms with van der Waals surface area (Å²) in [6, 6.07) is 14.9. The van der Waals surface area contributed by atoms with Gasteiger partial charge in [-0.05, 0) is 35.9 Å². The van der Waals surface area contributed by atoms with Gasteiger partial charge in [-0.1, -0.05) is 29.8 Å². The highest BCUT2D eigenvalue weighted by molar-refractivity contribution is 6.31. The van der Waals surface area contributed by atoms with Crippen molar-refractivity contribution in [3.63, 3.8) is 0 Å². The first-order valence-corrected chi connectivity index (χ1v) is 10.9.